The van der Waals surface area contributed by atoms with E-state index in [9.17, 15) is 0 Å². The van der Waals surface area contributed by atoms with Crippen molar-refractivity contribution in [3.63, 3.8) is 0 Å². The molecule has 0 fully saturated rings. The van der Waals surface area contributed by atoms with Crippen LogP contribution in [-0.4, -0.2) is 145 Å². The highest BCUT2D eigenvalue weighted by Crippen LogP contribution is 2.25. The van der Waals surface area contributed by atoms with Gasteiger partial charge in [-0.15, -0.1) is 45.3 Å². The number of hydrogen-bond donors (Lipinski definition) is 6. The summed E-state index contributed by atoms with van der Waals surface area (Å²) >= 11 is 10.2. The maximum absolute atomic E-state index is 4.58. The van der Waals surface area contributed by atoms with E-state index in [1.165, 1.54) is 92.5 Å². The molecule has 131 heavy (non-hydrogen) atoms. The molecule has 0 bridgehead atoms. The van der Waals surface area contributed by atoms with Gasteiger partial charge in [0.1, 0.15) is 44.2 Å². The molecule has 0 aliphatic carbocycles. The first kappa shape index (κ1) is 103. The molecule has 0 saturated carbocycles. The molecule has 0 atom stereocenters. The number of nitrogens with one attached hydrogen (secondary N) is 6. The number of nitrogens with zero attached hydrogens (tertiary/aromatic N) is 23. The zero-order chi connectivity index (χ0) is 91.3. The summed E-state index contributed by atoms with van der Waals surface area (Å²) in [6.45, 7) is 0. The molecule has 26 rings (SSSR count). The van der Waals surface area contributed by atoms with Crippen LogP contribution in [0.4, 0.5) is 0 Å². The summed E-state index contributed by atoms with van der Waals surface area (Å²) in [6.07, 6.45) is 64.3. The summed E-state index contributed by atoms with van der Waals surface area (Å²) in [5, 5.41) is 42.9. The van der Waals surface area contributed by atoms with Crippen LogP contribution in [0.25, 0.3) is 52.5 Å². The lowest BCUT2D eigenvalue weighted by atomic mass is 10.3. The highest BCUT2D eigenvalue weighted by atomic mass is 32.1. The third-order valence-electron chi connectivity index (χ3n) is 13.4. The zero-order valence-corrected chi connectivity index (χ0v) is 74.8. The van der Waals surface area contributed by atoms with Gasteiger partial charge in [0.05, 0.1) is 77.5 Å². The third-order valence-corrected chi connectivity index (χ3v) is 17.8. The average molecular weight is 1850 g/mol. The van der Waals surface area contributed by atoms with Crippen molar-refractivity contribution in [1.82, 2.24) is 145 Å². The van der Waals surface area contributed by atoms with Crippen LogP contribution in [0.5, 0.6) is 0 Å². The first-order valence-electron chi connectivity index (χ1n) is 38.4. The number of fused-ring (bicyclic) bond motifs is 5. The van der Waals surface area contributed by atoms with Crippen molar-refractivity contribution < 1.29 is 13.4 Å². The Labute approximate surface area is 778 Å². The van der Waals surface area contributed by atoms with Crippen molar-refractivity contribution in [3.8, 4) is 0 Å². The Morgan fingerprint density at radius 1 is 0.267 bits per heavy atom. The number of aromatic amines is 6. The zero-order valence-electron chi connectivity index (χ0n) is 69.9. The smallest absolute Gasteiger partial charge is 0.180 e. The Bertz CT molecular complexity index is 4960. The summed E-state index contributed by atoms with van der Waals surface area (Å²) in [7, 11) is 0. The van der Waals surface area contributed by atoms with Gasteiger partial charge in [0.25, 0.3) is 0 Å². The molecular weight excluding hydrogens is 1760 g/mol. The van der Waals surface area contributed by atoms with Gasteiger partial charge in [-0.2, -0.15) is 42.0 Å². The summed E-state index contributed by atoms with van der Waals surface area (Å²) in [5.41, 5.74) is 7.02. The lowest BCUT2D eigenvalue weighted by Gasteiger charge is -1.90. The van der Waals surface area contributed by atoms with Gasteiger partial charge in [-0.25, -0.2) is 54.2 Å². The van der Waals surface area contributed by atoms with Crippen molar-refractivity contribution in [3.05, 3.63) is 505 Å². The molecule has 22 aromatic heterocycles. The molecule has 0 aliphatic rings. The molecule has 0 radical (unpaired) electrons. The van der Waals surface area contributed by atoms with Gasteiger partial charge in [0.2, 0.25) is 0 Å². The molecule has 0 unspecified atom stereocenters. The highest BCUT2D eigenvalue weighted by Gasteiger charge is 1.93. The van der Waals surface area contributed by atoms with E-state index in [4.69, 9.17) is 0 Å². The fourth-order valence-corrected chi connectivity index (χ4v) is 11.7. The lowest BCUT2D eigenvalue weighted by Crippen LogP contribution is -1.78. The Balaban J connectivity index is 0.000000213. The number of aromatic nitrogens is 29. The number of para-hydroxylation sites is 5. The molecule has 38 heteroatoms. The quantitative estimate of drug-likeness (QED) is 0.0821. The van der Waals surface area contributed by atoms with E-state index in [1.807, 2.05) is 180 Å². The normalized spacial score (nSPS) is 8.76. The van der Waals surface area contributed by atoms with Crippen LogP contribution >= 0.6 is 68.2 Å². The second kappa shape index (κ2) is 78.8. The Hall–Kier alpha value is -17.2. The standard InChI is InChI=1S/C8H6N2.C8H7N.C8H6S.C7H6N2.C6H4S2.C5H5N.4C4H4N2.C4H5N.C4H4O.C4H4S.C3H3N3.2C3H4N2.2C3H3NO.2C3H3NS.C2H3N3/c1-2-4-8-7(3-1)9-5-6-10-8;2*1-2-4-8-7(3-1)5-6-9-8;1-2-4-7-6(3-1)8-5-9-7;1-3-7-6-2-4-8-5(1)6;1-2-4-6-5-3-1;1-2-6-4-3-5-1;2*1-2-5-4-6-3-1;1-2-4-6-5-3-1;3*1-2-4-5-3-1;1-4-2-6-3-5-1;1-2-5-3-4-1;1-2-4-5-3-1;1-2-5-3-4-1;1-2-4-5-3-1;1-2-5-3-4-1;2*1-2-4-5-3-1/h1-6H;1-6,9H;1-6H;1-5H,(H,8,9);1-4H;1-5H;4*1-4H;1-5H;2*1-4H;1-3H;2*1-3H,(H,4,5);4*1-3H;1-2H,(H,3,4,5). The maximum Gasteiger partial charge on any atom is 0.180 e. The number of benzene rings is 4. The summed E-state index contributed by atoms with van der Waals surface area (Å²) < 4.78 is 21.3. The van der Waals surface area contributed by atoms with E-state index in [1.54, 1.807) is 254 Å². The first-order valence-corrected chi connectivity index (χ1v) is 43.8. The number of rotatable bonds is 0. The fraction of sp³-hybridized carbons (Fsp3) is 0. The van der Waals surface area contributed by atoms with Gasteiger partial charge in [0.15, 0.2) is 6.39 Å². The summed E-state index contributed by atoms with van der Waals surface area (Å²) in [5.74, 6) is 0. The maximum atomic E-state index is 4.58. The van der Waals surface area contributed by atoms with Crippen LogP contribution in [0.1, 0.15) is 0 Å². The van der Waals surface area contributed by atoms with Crippen LogP contribution in [-0.2, 0) is 0 Å². The number of oxazole rings is 1. The Kier molecular flexibility index (Phi) is 61.7. The molecule has 6 N–H and O–H groups in total. The second-order valence-corrected chi connectivity index (χ2v) is 27.5. The summed E-state index contributed by atoms with van der Waals surface area (Å²) in [4.78, 5) is 71.6. The predicted molar refractivity (Wildman–Crippen MR) is 522 cm³/mol. The van der Waals surface area contributed by atoms with Gasteiger partial charge >= 0.3 is 0 Å². The topological polar surface area (TPSA) is 431 Å². The minimum absolute atomic E-state index is 0.949. The van der Waals surface area contributed by atoms with Crippen LogP contribution in [0, 0.1) is 0 Å². The molecule has 0 spiro atoms. The number of H-pyrrole nitrogens is 6. The number of imidazole rings is 2. The van der Waals surface area contributed by atoms with Crippen LogP contribution in [0.3, 0.4) is 0 Å². The van der Waals surface area contributed by atoms with Gasteiger partial charge in [0, 0.05) is 173 Å². The second-order valence-electron chi connectivity index (χ2n) is 22.4. The van der Waals surface area contributed by atoms with Crippen molar-refractivity contribution in [1.29, 1.82) is 0 Å². The molecule has 0 aliphatic heterocycles. The monoisotopic (exact) mass is 1850 g/mol. The molecule has 0 saturated heterocycles. The first-order chi connectivity index (χ1) is 65.3. The summed E-state index contributed by atoms with van der Waals surface area (Å²) in [6, 6.07) is 70.9. The Morgan fingerprint density at radius 3 is 1.21 bits per heavy atom. The third kappa shape index (κ3) is 58.6. The largest absolute Gasteiger partial charge is 0.473 e. The molecule has 4 aromatic carbocycles. The van der Waals surface area contributed by atoms with E-state index in [0.717, 1.165) is 22.1 Å². The highest BCUT2D eigenvalue weighted by molar-refractivity contribution is 7.25. The number of thiophene rings is 4. The van der Waals surface area contributed by atoms with Gasteiger partial charge in [-0.3, -0.25) is 35.0 Å². The predicted octanol–water partition coefficient (Wildman–Crippen LogP) is 22.4. The number of thiazole rings is 1. The minimum atomic E-state index is 0.949. The van der Waals surface area contributed by atoms with Gasteiger partial charge in [-0.05, 0) is 189 Å². The number of hydrogen-bond acceptors (Lipinski definition) is 32. The van der Waals surface area contributed by atoms with E-state index in [-0.39, 0.29) is 0 Å². The van der Waals surface area contributed by atoms with Crippen molar-refractivity contribution in [2.75, 3.05) is 0 Å². The van der Waals surface area contributed by atoms with Crippen LogP contribution in [0.2, 0.25) is 0 Å². The van der Waals surface area contributed by atoms with Crippen LogP contribution < -0.4 is 0 Å². The van der Waals surface area contributed by atoms with Gasteiger partial charge in [-0.1, -0.05) is 84.0 Å². The fourth-order valence-electron chi connectivity index (χ4n) is 7.95. The van der Waals surface area contributed by atoms with Crippen LogP contribution in [0.15, 0.2) is 518 Å². The molecule has 26 aromatic rings. The number of furan rings is 1. The van der Waals surface area contributed by atoms with E-state index in [0.29, 0.717) is 0 Å². The SMILES string of the molecule is c1c[nH]cn1.c1cc2sccc2s1.c1cc[nH]c1.c1ccc2[nH]ccc2c1.c1ccc2[nH]cnc2c1.c1ccc2nccnc2c1.c1ccc2sccc2c1.c1ccncc1.c1ccnnc1.c1ccoc1.c1ccsc1.c1cn[nH]c1.c1cn[nH]n1.c1cnccn1.c1cncnc1.c1cncnc1.c1cnoc1.c1cnsc1.c1cocn1.c1cscn1.c1ncncn1. The minimum Gasteiger partial charge on any atom is -0.473 e. The molecular formula is C93H89N29O3S6. The Morgan fingerprint density at radius 2 is 0.863 bits per heavy atom. The molecule has 22 heterocycles. The van der Waals surface area contributed by atoms with E-state index >= 15 is 0 Å². The van der Waals surface area contributed by atoms with Crippen molar-refractivity contribution in [2.45, 2.75) is 0 Å². The number of pyridine rings is 1. The van der Waals surface area contributed by atoms with Crippen molar-refractivity contribution in [2.24, 2.45) is 0 Å². The molecule has 32 nitrogen and oxygen atoms in total. The average Bonchev–Trinajstić information content (AvgIpc) is 1.08. The van der Waals surface area contributed by atoms with Gasteiger partial charge < -0.3 is 33.3 Å². The molecule has 0 amide bonds. The molecule has 660 valence electrons. The van der Waals surface area contributed by atoms with Crippen molar-refractivity contribution >= 4 is 121 Å². The lowest BCUT2D eigenvalue weighted by molar-refractivity contribution is 0.420. The van der Waals surface area contributed by atoms with E-state index < -0.39 is 0 Å². The van der Waals surface area contributed by atoms with E-state index in [2.05, 4.69) is 235 Å².